The molecule has 0 spiro atoms. The number of aryl methyl sites for hydroxylation is 1. The molecule has 0 fully saturated rings. The van der Waals surface area contributed by atoms with Gasteiger partial charge in [-0.1, -0.05) is 66.7 Å². The van der Waals surface area contributed by atoms with Gasteiger partial charge in [-0.15, -0.1) is 0 Å². The highest BCUT2D eigenvalue weighted by Crippen LogP contribution is 2.26. The largest absolute Gasteiger partial charge is 0.464 e. The molecule has 7 nitrogen and oxygen atoms in total. The molecule has 1 aromatic heterocycles. The molecule has 0 N–H and O–H groups in total. The van der Waals surface area contributed by atoms with E-state index in [-0.39, 0.29) is 30.4 Å². The Labute approximate surface area is 224 Å². The van der Waals surface area contributed by atoms with Crippen LogP contribution in [-0.4, -0.2) is 49.8 Å². The monoisotopic (exact) mass is 534 g/mol. The number of benzene rings is 3. The zero-order chi connectivity index (χ0) is 27.0. The molecule has 1 heterocycles. The second kappa shape index (κ2) is 12.9. The van der Waals surface area contributed by atoms with E-state index < -0.39 is 10.0 Å². The Balaban J connectivity index is 1.64. The van der Waals surface area contributed by atoms with Crippen LogP contribution in [0.3, 0.4) is 0 Å². The lowest BCUT2D eigenvalue weighted by Crippen LogP contribution is -2.43. The number of rotatable bonds is 13. The normalized spacial score (nSPS) is 11.8. The van der Waals surface area contributed by atoms with Gasteiger partial charge in [-0.05, 0) is 49.4 Å². The average Bonchev–Trinajstić information content (AvgIpc) is 3.34. The summed E-state index contributed by atoms with van der Waals surface area (Å²) in [5.41, 5.74) is 0.948. The first-order chi connectivity index (χ1) is 18.4. The van der Waals surface area contributed by atoms with E-state index >= 15 is 0 Å². The van der Waals surface area contributed by atoms with E-state index in [4.69, 9.17) is 9.15 Å². The second-order valence-corrected chi connectivity index (χ2v) is 11.0. The smallest absolute Gasteiger partial charge is 0.244 e. The Morgan fingerprint density at radius 3 is 2.37 bits per heavy atom. The lowest BCUT2D eigenvalue weighted by Gasteiger charge is -2.27. The number of ether oxygens (including phenoxy) is 1. The zero-order valence-corrected chi connectivity index (χ0v) is 22.7. The maximum atomic E-state index is 14.0. The van der Waals surface area contributed by atoms with Gasteiger partial charge in [-0.25, -0.2) is 8.42 Å². The fraction of sp³-hybridized carbons (Fsp3) is 0.300. The molecule has 0 atom stereocenters. The summed E-state index contributed by atoms with van der Waals surface area (Å²) in [6, 6.07) is 25.9. The molecule has 0 aliphatic heterocycles. The molecule has 3 aromatic carbocycles. The van der Waals surface area contributed by atoms with Crippen LogP contribution in [-0.2, 0) is 32.6 Å². The summed E-state index contributed by atoms with van der Waals surface area (Å²) in [7, 11) is -3.98. The van der Waals surface area contributed by atoms with Crippen LogP contribution in [0.5, 0.6) is 0 Å². The molecule has 0 saturated carbocycles. The van der Waals surface area contributed by atoms with E-state index in [1.807, 2.05) is 80.6 Å². The van der Waals surface area contributed by atoms with Crippen LogP contribution >= 0.6 is 0 Å². The van der Waals surface area contributed by atoms with Crippen LogP contribution in [0.15, 0.2) is 94.2 Å². The second-order valence-electron chi connectivity index (χ2n) is 9.11. The van der Waals surface area contributed by atoms with Crippen molar-refractivity contribution in [3.05, 3.63) is 102 Å². The lowest BCUT2D eigenvalue weighted by atomic mass is 10.1. The minimum atomic E-state index is -3.98. The summed E-state index contributed by atoms with van der Waals surface area (Å²) in [6.45, 7) is 5.15. The van der Waals surface area contributed by atoms with E-state index in [0.29, 0.717) is 37.3 Å². The highest BCUT2D eigenvalue weighted by molar-refractivity contribution is 7.89. The predicted molar refractivity (Wildman–Crippen MR) is 148 cm³/mol. The molecule has 0 unspecified atom stereocenters. The standard InChI is InChI=1S/C30H34N2O5S/c1-3-36-20-10-19-32(38(34,35)29-16-9-14-26-13-7-8-15-28(26)29)23-30(33)31(21-25-11-5-4-6-12-25)22-27-18-17-24(2)37-27/h4-9,11-18H,3,10,19-23H2,1-2H3. The van der Waals surface area contributed by atoms with Gasteiger partial charge in [0.1, 0.15) is 11.5 Å². The van der Waals surface area contributed by atoms with Crippen LogP contribution in [0.25, 0.3) is 10.8 Å². The van der Waals surface area contributed by atoms with E-state index in [9.17, 15) is 13.2 Å². The molecular formula is C30H34N2O5S. The van der Waals surface area contributed by atoms with Gasteiger partial charge >= 0.3 is 0 Å². The first-order valence-electron chi connectivity index (χ1n) is 12.8. The highest BCUT2D eigenvalue weighted by Gasteiger charge is 2.30. The van der Waals surface area contributed by atoms with Crippen molar-refractivity contribution in [3.63, 3.8) is 0 Å². The third-order valence-electron chi connectivity index (χ3n) is 6.29. The van der Waals surface area contributed by atoms with Gasteiger partial charge in [0.15, 0.2) is 0 Å². The first-order valence-corrected chi connectivity index (χ1v) is 14.2. The van der Waals surface area contributed by atoms with Crippen molar-refractivity contribution in [1.82, 2.24) is 9.21 Å². The van der Waals surface area contributed by atoms with E-state index in [1.165, 1.54) is 4.31 Å². The van der Waals surface area contributed by atoms with Crippen molar-refractivity contribution >= 4 is 26.7 Å². The van der Waals surface area contributed by atoms with Crippen molar-refractivity contribution in [3.8, 4) is 0 Å². The summed E-state index contributed by atoms with van der Waals surface area (Å²) in [5.74, 6) is 1.10. The fourth-order valence-corrected chi connectivity index (χ4v) is 6.02. The van der Waals surface area contributed by atoms with Gasteiger partial charge in [-0.2, -0.15) is 4.31 Å². The zero-order valence-electron chi connectivity index (χ0n) is 21.9. The molecule has 0 aliphatic carbocycles. The molecule has 38 heavy (non-hydrogen) atoms. The van der Waals surface area contributed by atoms with E-state index in [1.54, 1.807) is 23.1 Å². The Hall–Kier alpha value is -3.46. The molecule has 0 radical (unpaired) electrons. The number of furan rings is 1. The third-order valence-corrected chi connectivity index (χ3v) is 8.19. The molecular weight excluding hydrogens is 500 g/mol. The molecule has 0 bridgehead atoms. The SMILES string of the molecule is CCOCCCN(CC(=O)N(Cc1ccccc1)Cc1ccc(C)o1)S(=O)(=O)c1cccc2ccccc12. The highest BCUT2D eigenvalue weighted by atomic mass is 32.2. The fourth-order valence-electron chi connectivity index (χ4n) is 4.38. The van der Waals surface area contributed by atoms with Crippen molar-refractivity contribution in [2.75, 3.05) is 26.3 Å². The average molecular weight is 535 g/mol. The molecule has 200 valence electrons. The molecule has 8 heteroatoms. The molecule has 0 aliphatic rings. The number of carbonyl (C=O) groups excluding carboxylic acids is 1. The minimum Gasteiger partial charge on any atom is -0.464 e. The molecule has 4 rings (SSSR count). The van der Waals surface area contributed by atoms with Gasteiger partial charge in [0, 0.05) is 31.7 Å². The van der Waals surface area contributed by atoms with Crippen LogP contribution in [0.2, 0.25) is 0 Å². The van der Waals surface area contributed by atoms with Crippen LogP contribution in [0.1, 0.15) is 30.4 Å². The number of hydrogen-bond donors (Lipinski definition) is 0. The van der Waals surface area contributed by atoms with E-state index in [0.717, 1.165) is 16.7 Å². The lowest BCUT2D eigenvalue weighted by molar-refractivity contribution is -0.133. The summed E-state index contributed by atoms with van der Waals surface area (Å²) in [6.07, 6.45) is 0.473. The van der Waals surface area contributed by atoms with Crippen LogP contribution < -0.4 is 0 Å². The van der Waals surface area contributed by atoms with Crippen molar-refractivity contribution < 1.29 is 22.4 Å². The summed E-state index contributed by atoms with van der Waals surface area (Å²) in [4.78, 5) is 15.6. The molecule has 1 amide bonds. The maximum Gasteiger partial charge on any atom is 0.244 e. The van der Waals surface area contributed by atoms with Crippen molar-refractivity contribution in [2.45, 2.75) is 38.3 Å². The summed E-state index contributed by atoms with van der Waals surface area (Å²) >= 11 is 0. The number of amides is 1. The number of nitrogens with zero attached hydrogens (tertiary/aromatic N) is 2. The number of hydrogen-bond acceptors (Lipinski definition) is 5. The topological polar surface area (TPSA) is 80.1 Å². The number of carbonyl (C=O) groups is 1. The summed E-state index contributed by atoms with van der Waals surface area (Å²) in [5, 5.41) is 1.46. The number of sulfonamides is 1. The third kappa shape index (κ3) is 6.89. The van der Waals surface area contributed by atoms with Crippen LogP contribution in [0.4, 0.5) is 0 Å². The predicted octanol–water partition coefficient (Wildman–Crippen LogP) is 5.39. The quantitative estimate of drug-likeness (QED) is 0.215. The Morgan fingerprint density at radius 2 is 1.63 bits per heavy atom. The van der Waals surface area contributed by atoms with Gasteiger partial charge in [0.05, 0.1) is 18.0 Å². The van der Waals surface area contributed by atoms with Gasteiger partial charge < -0.3 is 14.1 Å². The molecule has 4 aromatic rings. The van der Waals surface area contributed by atoms with Crippen molar-refractivity contribution in [1.29, 1.82) is 0 Å². The van der Waals surface area contributed by atoms with Crippen LogP contribution in [0, 0.1) is 6.92 Å². The maximum absolute atomic E-state index is 14.0. The Bertz CT molecular complexity index is 1440. The minimum absolute atomic E-state index is 0.163. The number of fused-ring (bicyclic) bond motifs is 1. The van der Waals surface area contributed by atoms with Crippen molar-refractivity contribution in [2.24, 2.45) is 0 Å². The first kappa shape index (κ1) is 27.6. The van der Waals surface area contributed by atoms with Gasteiger partial charge in [0.25, 0.3) is 0 Å². The molecule has 0 saturated heterocycles. The van der Waals surface area contributed by atoms with Gasteiger partial charge in [-0.3, -0.25) is 4.79 Å². The Morgan fingerprint density at radius 1 is 0.895 bits per heavy atom. The van der Waals surface area contributed by atoms with E-state index in [2.05, 4.69) is 0 Å². The summed E-state index contributed by atoms with van der Waals surface area (Å²) < 4.78 is 40.4. The Kier molecular flexibility index (Phi) is 9.33. The van der Waals surface area contributed by atoms with Gasteiger partial charge in [0.2, 0.25) is 15.9 Å².